The van der Waals surface area contributed by atoms with Crippen LogP contribution in [-0.4, -0.2) is 58.4 Å². The minimum atomic E-state index is -0.841. The summed E-state index contributed by atoms with van der Waals surface area (Å²) in [5, 5.41) is 12.9. The van der Waals surface area contributed by atoms with Crippen LogP contribution in [0.25, 0.3) is 0 Å². The van der Waals surface area contributed by atoms with Gasteiger partial charge in [0, 0.05) is 25.2 Å². The first-order valence-corrected chi connectivity index (χ1v) is 8.04. The molecule has 0 radical (unpaired) electrons. The molecule has 5 heteroatoms. The number of carboxylic acid groups (broad SMARTS) is 1. The highest BCUT2D eigenvalue weighted by atomic mass is 16.5. The van der Waals surface area contributed by atoms with Crippen LogP contribution in [0.1, 0.15) is 53.9 Å². The third-order valence-corrected chi connectivity index (χ3v) is 4.49. The first-order valence-electron chi connectivity index (χ1n) is 8.04. The molecule has 3 atom stereocenters. The molecule has 1 aliphatic carbocycles. The largest absolute Gasteiger partial charge is 0.480 e. The fourth-order valence-corrected chi connectivity index (χ4v) is 3.44. The molecule has 1 saturated carbocycles. The second kappa shape index (κ2) is 5.86. The topological polar surface area (TPSA) is 61.8 Å². The first-order chi connectivity index (χ1) is 9.61. The summed E-state index contributed by atoms with van der Waals surface area (Å²) in [5.74, 6) is -0.748. The molecule has 0 aromatic heterocycles. The van der Waals surface area contributed by atoms with Crippen molar-refractivity contribution in [3.63, 3.8) is 0 Å². The van der Waals surface area contributed by atoms with Crippen LogP contribution in [0.2, 0.25) is 0 Å². The molecule has 2 aliphatic rings. The van der Waals surface area contributed by atoms with Gasteiger partial charge in [-0.15, -0.1) is 0 Å². The predicted molar refractivity (Wildman–Crippen MR) is 82.5 cm³/mol. The van der Waals surface area contributed by atoms with Gasteiger partial charge < -0.3 is 9.84 Å². The average molecular weight is 298 g/mol. The summed E-state index contributed by atoms with van der Waals surface area (Å²) in [6.45, 7) is 11.9. The standard InChI is InChI=1S/C16H30N2O3/c1-11(18-9-12(2)21-15(3,4)10-18)8-16(5,14(19)20)17-13-6-7-13/h11-13,17H,6-10H2,1-5H3,(H,19,20). The van der Waals surface area contributed by atoms with E-state index >= 15 is 0 Å². The van der Waals surface area contributed by atoms with E-state index < -0.39 is 11.5 Å². The second-order valence-electron chi connectivity index (χ2n) is 7.73. The Morgan fingerprint density at radius 2 is 2.14 bits per heavy atom. The van der Waals surface area contributed by atoms with E-state index in [0.717, 1.165) is 25.9 Å². The Labute approximate surface area is 128 Å². The van der Waals surface area contributed by atoms with Crippen molar-refractivity contribution in [1.82, 2.24) is 10.2 Å². The maximum Gasteiger partial charge on any atom is 0.323 e. The van der Waals surface area contributed by atoms with E-state index in [2.05, 4.69) is 37.9 Å². The normalized spacial score (nSPS) is 30.6. The Morgan fingerprint density at radius 3 is 2.62 bits per heavy atom. The Morgan fingerprint density at radius 1 is 1.52 bits per heavy atom. The van der Waals surface area contributed by atoms with Gasteiger partial charge in [-0.2, -0.15) is 0 Å². The molecule has 0 spiro atoms. The third-order valence-electron chi connectivity index (χ3n) is 4.49. The Balaban J connectivity index is 2.00. The molecule has 122 valence electrons. The maximum atomic E-state index is 11.7. The van der Waals surface area contributed by atoms with Gasteiger partial charge in [-0.25, -0.2) is 0 Å². The van der Waals surface area contributed by atoms with Crippen LogP contribution in [0.5, 0.6) is 0 Å². The lowest BCUT2D eigenvalue weighted by atomic mass is 9.91. The molecular weight excluding hydrogens is 268 g/mol. The lowest BCUT2D eigenvalue weighted by molar-refractivity contribution is -0.149. The van der Waals surface area contributed by atoms with E-state index in [1.807, 2.05) is 6.92 Å². The van der Waals surface area contributed by atoms with E-state index in [1.54, 1.807) is 0 Å². The molecule has 5 nitrogen and oxygen atoms in total. The van der Waals surface area contributed by atoms with Crippen LogP contribution < -0.4 is 5.32 Å². The van der Waals surface area contributed by atoms with E-state index in [9.17, 15) is 9.90 Å². The van der Waals surface area contributed by atoms with E-state index in [-0.39, 0.29) is 17.7 Å². The zero-order chi connectivity index (χ0) is 15.8. The molecule has 2 rings (SSSR count). The summed E-state index contributed by atoms with van der Waals surface area (Å²) in [5.41, 5.74) is -1.01. The van der Waals surface area contributed by atoms with Crippen LogP contribution in [0, 0.1) is 0 Å². The fraction of sp³-hybridized carbons (Fsp3) is 0.938. The number of nitrogens with zero attached hydrogens (tertiary/aromatic N) is 1. The molecule has 2 fully saturated rings. The average Bonchev–Trinajstić information content (AvgIpc) is 3.09. The lowest BCUT2D eigenvalue weighted by Crippen LogP contribution is -2.58. The van der Waals surface area contributed by atoms with Crippen LogP contribution in [0.15, 0.2) is 0 Å². The molecule has 21 heavy (non-hydrogen) atoms. The van der Waals surface area contributed by atoms with Crippen molar-refractivity contribution in [2.75, 3.05) is 13.1 Å². The van der Waals surface area contributed by atoms with Crippen LogP contribution >= 0.6 is 0 Å². The van der Waals surface area contributed by atoms with Gasteiger partial charge >= 0.3 is 5.97 Å². The quantitative estimate of drug-likeness (QED) is 0.784. The van der Waals surface area contributed by atoms with Gasteiger partial charge in [0.25, 0.3) is 0 Å². The van der Waals surface area contributed by atoms with Crippen molar-refractivity contribution >= 4 is 5.97 Å². The summed E-state index contributed by atoms with van der Waals surface area (Å²) in [6.07, 6.45) is 2.99. The maximum absolute atomic E-state index is 11.7. The van der Waals surface area contributed by atoms with Crippen LogP contribution in [-0.2, 0) is 9.53 Å². The Hall–Kier alpha value is -0.650. The number of carbonyl (C=O) groups is 1. The van der Waals surface area contributed by atoms with E-state index in [4.69, 9.17) is 4.74 Å². The highest BCUT2D eigenvalue weighted by Crippen LogP contribution is 2.28. The molecule has 0 aromatic rings. The second-order valence-corrected chi connectivity index (χ2v) is 7.73. The minimum absolute atomic E-state index is 0.171. The minimum Gasteiger partial charge on any atom is -0.480 e. The molecule has 0 bridgehead atoms. The number of nitrogens with one attached hydrogen (secondary N) is 1. The summed E-state index contributed by atoms with van der Waals surface area (Å²) < 4.78 is 5.93. The molecule has 0 amide bonds. The van der Waals surface area contributed by atoms with Gasteiger partial charge in [-0.1, -0.05) is 0 Å². The van der Waals surface area contributed by atoms with E-state index in [1.165, 1.54) is 0 Å². The zero-order valence-electron chi connectivity index (χ0n) is 14.0. The molecule has 2 N–H and O–H groups in total. The SMILES string of the molecule is CC1CN(C(C)CC(C)(NC2CC2)C(=O)O)CC(C)(C)O1. The Bertz CT molecular complexity index is 395. The molecular formula is C16H30N2O3. The summed E-state index contributed by atoms with van der Waals surface area (Å²) in [7, 11) is 0. The molecule has 1 saturated heterocycles. The highest BCUT2D eigenvalue weighted by molar-refractivity contribution is 5.78. The van der Waals surface area contributed by atoms with Gasteiger partial charge in [0.1, 0.15) is 5.54 Å². The third kappa shape index (κ3) is 4.41. The first kappa shape index (κ1) is 16.7. The number of rotatable bonds is 6. The van der Waals surface area contributed by atoms with Gasteiger partial charge in [0.15, 0.2) is 0 Å². The van der Waals surface area contributed by atoms with Gasteiger partial charge in [0.2, 0.25) is 0 Å². The highest BCUT2D eigenvalue weighted by Gasteiger charge is 2.42. The molecule has 1 heterocycles. The summed E-state index contributed by atoms with van der Waals surface area (Å²) >= 11 is 0. The number of ether oxygens (including phenoxy) is 1. The molecule has 1 aliphatic heterocycles. The van der Waals surface area contributed by atoms with Gasteiger partial charge in [-0.3, -0.25) is 15.0 Å². The summed E-state index contributed by atoms with van der Waals surface area (Å²) in [4.78, 5) is 14.1. The number of hydrogen-bond donors (Lipinski definition) is 2. The zero-order valence-corrected chi connectivity index (χ0v) is 14.0. The Kier molecular flexibility index (Phi) is 4.66. The number of aliphatic carboxylic acids is 1. The number of hydrogen-bond acceptors (Lipinski definition) is 4. The van der Waals surface area contributed by atoms with Crippen LogP contribution in [0.4, 0.5) is 0 Å². The van der Waals surface area contributed by atoms with Crippen molar-refractivity contribution in [3.8, 4) is 0 Å². The number of carboxylic acids is 1. The van der Waals surface area contributed by atoms with Crippen molar-refractivity contribution in [1.29, 1.82) is 0 Å². The lowest BCUT2D eigenvalue weighted by Gasteiger charge is -2.45. The molecule has 0 aromatic carbocycles. The van der Waals surface area contributed by atoms with Gasteiger partial charge in [0.05, 0.1) is 11.7 Å². The van der Waals surface area contributed by atoms with E-state index in [0.29, 0.717) is 12.5 Å². The van der Waals surface area contributed by atoms with Crippen molar-refractivity contribution in [3.05, 3.63) is 0 Å². The predicted octanol–water partition coefficient (Wildman–Crippen LogP) is 1.86. The smallest absolute Gasteiger partial charge is 0.323 e. The van der Waals surface area contributed by atoms with Crippen molar-refractivity contribution in [2.24, 2.45) is 0 Å². The fourth-order valence-electron chi connectivity index (χ4n) is 3.44. The monoisotopic (exact) mass is 298 g/mol. The number of morpholine rings is 1. The van der Waals surface area contributed by atoms with Crippen molar-refractivity contribution < 1.29 is 14.6 Å². The van der Waals surface area contributed by atoms with Crippen LogP contribution in [0.3, 0.4) is 0 Å². The van der Waals surface area contributed by atoms with Crippen molar-refractivity contribution in [2.45, 2.75) is 83.2 Å². The van der Waals surface area contributed by atoms with Gasteiger partial charge in [-0.05, 0) is 53.9 Å². The summed E-state index contributed by atoms with van der Waals surface area (Å²) in [6, 6.07) is 0.598. The molecule has 3 unspecified atom stereocenters.